The quantitative estimate of drug-likeness (QED) is 0.747. The molecule has 1 aromatic carbocycles. The third kappa shape index (κ3) is 1.78. The standard InChI is InChI=1S/C8H6F2O2/c9-7(10)5-2-1-3-6(4-5)8(11)12/h1-4,7H,(H,11,12)/i3D,4D. The summed E-state index contributed by atoms with van der Waals surface area (Å²) in [6.07, 6.45) is -2.90. The minimum atomic E-state index is -2.90. The van der Waals surface area contributed by atoms with Crippen molar-refractivity contribution in [2.75, 3.05) is 0 Å². The van der Waals surface area contributed by atoms with E-state index < -0.39 is 35.6 Å². The van der Waals surface area contributed by atoms with Crippen LogP contribution in [0.4, 0.5) is 8.78 Å². The van der Waals surface area contributed by atoms with Crippen LogP contribution in [0.15, 0.2) is 24.2 Å². The van der Waals surface area contributed by atoms with E-state index in [0.29, 0.717) is 0 Å². The van der Waals surface area contributed by atoms with Crippen LogP contribution in [0, 0.1) is 0 Å². The first-order valence-electron chi connectivity index (χ1n) is 4.06. The molecule has 4 heteroatoms. The number of carboxylic acids is 1. The van der Waals surface area contributed by atoms with Gasteiger partial charge in [0.05, 0.1) is 8.30 Å². The highest BCUT2D eigenvalue weighted by molar-refractivity contribution is 5.87. The molecule has 0 aliphatic carbocycles. The van der Waals surface area contributed by atoms with E-state index in [1.165, 1.54) is 0 Å². The van der Waals surface area contributed by atoms with E-state index in [-0.39, 0.29) is 0 Å². The Morgan fingerprint density at radius 1 is 1.67 bits per heavy atom. The lowest BCUT2D eigenvalue weighted by atomic mass is 10.1. The highest BCUT2D eigenvalue weighted by Gasteiger charge is 2.09. The molecule has 0 saturated carbocycles. The largest absolute Gasteiger partial charge is 0.478 e. The Morgan fingerprint density at radius 3 is 2.83 bits per heavy atom. The van der Waals surface area contributed by atoms with Crippen molar-refractivity contribution in [2.45, 2.75) is 6.43 Å². The summed E-state index contributed by atoms with van der Waals surface area (Å²) in [5.41, 5.74) is -1.36. The van der Waals surface area contributed by atoms with Crippen molar-refractivity contribution in [2.24, 2.45) is 0 Å². The Morgan fingerprint density at radius 2 is 2.33 bits per heavy atom. The molecule has 0 aromatic heterocycles. The lowest BCUT2D eigenvalue weighted by molar-refractivity contribution is 0.0696. The molecule has 0 heterocycles. The molecule has 0 fully saturated rings. The fraction of sp³-hybridized carbons (Fsp3) is 0.125. The third-order valence-corrected chi connectivity index (χ3v) is 1.21. The average molecular weight is 174 g/mol. The van der Waals surface area contributed by atoms with Crippen molar-refractivity contribution < 1.29 is 21.4 Å². The van der Waals surface area contributed by atoms with Gasteiger partial charge in [-0.3, -0.25) is 0 Å². The molecule has 1 aromatic rings. The summed E-state index contributed by atoms with van der Waals surface area (Å²) >= 11 is 0. The molecule has 0 aliphatic heterocycles. The lowest BCUT2D eigenvalue weighted by Crippen LogP contribution is -1.97. The van der Waals surface area contributed by atoms with E-state index in [0.717, 1.165) is 12.1 Å². The molecule has 64 valence electrons. The van der Waals surface area contributed by atoms with Crippen molar-refractivity contribution in [1.82, 2.24) is 0 Å². The Balaban J connectivity index is 3.41. The van der Waals surface area contributed by atoms with Crippen LogP contribution in [-0.4, -0.2) is 11.1 Å². The molecule has 0 atom stereocenters. The molecule has 0 bridgehead atoms. The first-order chi connectivity index (χ1) is 6.45. The monoisotopic (exact) mass is 174 g/mol. The number of aromatic carboxylic acids is 1. The number of carboxylic acid groups (broad SMARTS) is 1. The van der Waals surface area contributed by atoms with Gasteiger partial charge in [0.15, 0.2) is 0 Å². The Kier molecular flexibility index (Phi) is 1.68. The summed E-state index contributed by atoms with van der Waals surface area (Å²) in [6, 6.07) is 0.608. The lowest BCUT2D eigenvalue weighted by Gasteiger charge is -1.99. The highest BCUT2D eigenvalue weighted by atomic mass is 19.3. The molecule has 1 N–H and O–H groups in total. The molecular weight excluding hydrogens is 166 g/mol. The zero-order chi connectivity index (χ0) is 10.9. The van der Waals surface area contributed by atoms with Crippen molar-refractivity contribution in [3.8, 4) is 0 Å². The van der Waals surface area contributed by atoms with Gasteiger partial charge in [-0.05, 0) is 12.1 Å². The minimum absolute atomic E-state index is 0.438. The topological polar surface area (TPSA) is 37.3 Å². The van der Waals surface area contributed by atoms with Crippen molar-refractivity contribution >= 4 is 5.97 Å². The maximum absolute atomic E-state index is 12.2. The number of halogens is 2. The second-order valence-electron chi connectivity index (χ2n) is 2.04. The fourth-order valence-electron chi connectivity index (χ4n) is 0.679. The Labute approximate surface area is 70.3 Å². The Bertz CT molecular complexity index is 380. The van der Waals surface area contributed by atoms with E-state index in [1.807, 2.05) is 0 Å². The normalized spacial score (nSPS) is 12.6. The SMILES string of the molecule is [2H]c1ccc(C(F)F)c([2H])c1C(=O)O. The molecule has 0 amide bonds. The first kappa shape index (κ1) is 6.11. The summed E-state index contributed by atoms with van der Waals surface area (Å²) in [4.78, 5) is 10.5. The van der Waals surface area contributed by atoms with Crippen LogP contribution < -0.4 is 0 Å². The predicted molar refractivity (Wildman–Crippen MR) is 38.4 cm³/mol. The van der Waals surface area contributed by atoms with Gasteiger partial charge in [-0.15, -0.1) is 0 Å². The molecule has 0 aliphatic rings. The zero-order valence-corrected chi connectivity index (χ0v) is 5.84. The van der Waals surface area contributed by atoms with Crippen molar-refractivity contribution in [3.63, 3.8) is 0 Å². The number of hydrogen-bond donors (Lipinski definition) is 1. The fourth-order valence-corrected chi connectivity index (χ4v) is 0.679. The first-order valence-corrected chi connectivity index (χ1v) is 3.06. The molecule has 0 radical (unpaired) electrons. The van der Waals surface area contributed by atoms with E-state index in [1.54, 1.807) is 0 Å². The molecule has 1 rings (SSSR count). The summed E-state index contributed by atoms with van der Waals surface area (Å²) in [7, 11) is 0. The van der Waals surface area contributed by atoms with Gasteiger partial charge in [-0.25, -0.2) is 13.6 Å². The van der Waals surface area contributed by atoms with Crippen LogP contribution in [0.1, 0.15) is 25.1 Å². The summed E-state index contributed by atoms with van der Waals surface area (Å²) in [5, 5.41) is 8.57. The van der Waals surface area contributed by atoms with Crippen LogP contribution in [0.3, 0.4) is 0 Å². The maximum atomic E-state index is 12.2. The van der Waals surface area contributed by atoms with Gasteiger partial charge in [0.1, 0.15) is 0 Å². The average Bonchev–Trinajstić information content (AvgIpc) is 2.02. The van der Waals surface area contributed by atoms with Gasteiger partial charge in [0.2, 0.25) is 0 Å². The molecule has 12 heavy (non-hydrogen) atoms. The molecule has 0 unspecified atom stereocenters. The van der Waals surface area contributed by atoms with E-state index in [2.05, 4.69) is 0 Å². The second-order valence-corrected chi connectivity index (χ2v) is 2.04. The summed E-state index contributed by atoms with van der Waals surface area (Å²) < 4.78 is 38.8. The van der Waals surface area contributed by atoms with Crippen LogP contribution in [0.2, 0.25) is 0 Å². The van der Waals surface area contributed by atoms with E-state index in [4.69, 9.17) is 7.85 Å². The van der Waals surface area contributed by atoms with Gasteiger partial charge in [-0.1, -0.05) is 12.1 Å². The van der Waals surface area contributed by atoms with Gasteiger partial charge >= 0.3 is 5.97 Å². The molecular formula is C8H6F2O2. The van der Waals surface area contributed by atoms with Gasteiger partial charge < -0.3 is 5.11 Å². The number of hydrogen-bond acceptors (Lipinski definition) is 1. The number of benzene rings is 1. The second kappa shape index (κ2) is 3.30. The van der Waals surface area contributed by atoms with E-state index in [9.17, 15) is 13.6 Å². The van der Waals surface area contributed by atoms with E-state index >= 15 is 0 Å². The van der Waals surface area contributed by atoms with Crippen LogP contribution >= 0.6 is 0 Å². The number of alkyl halides is 2. The molecule has 0 spiro atoms. The number of rotatable bonds is 2. The zero-order valence-electron chi connectivity index (χ0n) is 7.84. The highest BCUT2D eigenvalue weighted by Crippen LogP contribution is 2.19. The molecule has 2 nitrogen and oxygen atoms in total. The third-order valence-electron chi connectivity index (χ3n) is 1.21. The van der Waals surface area contributed by atoms with Gasteiger partial charge in [0, 0.05) is 5.56 Å². The maximum Gasteiger partial charge on any atom is 0.335 e. The van der Waals surface area contributed by atoms with Crippen LogP contribution in [0.25, 0.3) is 0 Å². The summed E-state index contributed by atoms with van der Waals surface area (Å²) in [6.45, 7) is 0. The van der Waals surface area contributed by atoms with Crippen molar-refractivity contribution in [1.29, 1.82) is 0 Å². The predicted octanol–water partition coefficient (Wildman–Crippen LogP) is 2.32. The van der Waals surface area contributed by atoms with Crippen LogP contribution in [0.5, 0.6) is 0 Å². The molecule has 0 saturated heterocycles. The van der Waals surface area contributed by atoms with Gasteiger partial charge in [0.25, 0.3) is 6.43 Å². The van der Waals surface area contributed by atoms with Crippen molar-refractivity contribution in [3.05, 3.63) is 35.3 Å². The number of carbonyl (C=O) groups is 1. The minimum Gasteiger partial charge on any atom is -0.478 e. The smallest absolute Gasteiger partial charge is 0.335 e. The van der Waals surface area contributed by atoms with Gasteiger partial charge in [-0.2, -0.15) is 0 Å². The summed E-state index contributed by atoms with van der Waals surface area (Å²) in [5.74, 6) is -1.54. The van der Waals surface area contributed by atoms with Crippen LogP contribution in [-0.2, 0) is 0 Å². The Hall–Kier alpha value is -1.45.